The smallest absolute Gasteiger partial charge is 0.308 e. The van der Waals surface area contributed by atoms with Gasteiger partial charge in [-0.25, -0.2) is 0 Å². The first-order valence-corrected chi connectivity index (χ1v) is 6.30. The third-order valence-electron chi connectivity index (χ3n) is 4.09. The Morgan fingerprint density at radius 1 is 1.33 bits per heavy atom. The minimum atomic E-state index is -0.747. The van der Waals surface area contributed by atoms with E-state index in [0.717, 1.165) is 19.3 Å². The summed E-state index contributed by atoms with van der Waals surface area (Å²) in [6.45, 7) is 0.346. The van der Waals surface area contributed by atoms with E-state index in [1.807, 2.05) is 0 Å². The van der Waals surface area contributed by atoms with Crippen molar-refractivity contribution in [1.82, 2.24) is 10.6 Å². The Morgan fingerprint density at radius 2 is 2.06 bits per heavy atom. The first-order valence-electron chi connectivity index (χ1n) is 6.30. The molecule has 1 amide bonds. The molecule has 2 rings (SSSR count). The van der Waals surface area contributed by atoms with Crippen LogP contribution in [0.25, 0.3) is 0 Å². The molecule has 2 bridgehead atoms. The number of carboxylic acids is 1. The second-order valence-corrected chi connectivity index (χ2v) is 5.08. The fourth-order valence-electron chi connectivity index (χ4n) is 3.36. The number of rotatable bonds is 5. The van der Waals surface area contributed by atoms with Gasteiger partial charge in [0.15, 0.2) is 0 Å². The largest absolute Gasteiger partial charge is 0.481 e. The summed E-state index contributed by atoms with van der Waals surface area (Å²) in [5, 5.41) is 14.9. The molecule has 0 radical (unpaired) electrons. The number of carbonyl (C=O) groups is 2. The molecule has 0 heterocycles. The second-order valence-electron chi connectivity index (χ2n) is 5.08. The van der Waals surface area contributed by atoms with E-state index in [0.29, 0.717) is 5.92 Å². The summed E-state index contributed by atoms with van der Waals surface area (Å²) in [5.41, 5.74) is 0. The lowest BCUT2D eigenvalue weighted by Crippen LogP contribution is -2.47. The van der Waals surface area contributed by atoms with Gasteiger partial charge in [-0.1, -0.05) is 5.92 Å². The highest BCUT2D eigenvalue weighted by molar-refractivity contribution is 5.78. The van der Waals surface area contributed by atoms with Crippen molar-refractivity contribution in [1.29, 1.82) is 0 Å². The fourth-order valence-corrected chi connectivity index (χ4v) is 3.36. The van der Waals surface area contributed by atoms with Crippen LogP contribution in [-0.4, -0.2) is 36.1 Å². The van der Waals surface area contributed by atoms with Crippen LogP contribution < -0.4 is 10.6 Å². The quantitative estimate of drug-likeness (QED) is 0.592. The molecule has 18 heavy (non-hydrogen) atoms. The minimum absolute atomic E-state index is 0.0714. The van der Waals surface area contributed by atoms with Gasteiger partial charge < -0.3 is 15.7 Å². The summed E-state index contributed by atoms with van der Waals surface area (Å²) in [6, 6.07) is -0.0714. The number of aliphatic carboxylic acids is 1. The van der Waals surface area contributed by atoms with Gasteiger partial charge in [-0.2, -0.15) is 0 Å². The minimum Gasteiger partial charge on any atom is -0.481 e. The van der Waals surface area contributed by atoms with E-state index in [1.54, 1.807) is 0 Å². The maximum absolute atomic E-state index is 11.4. The molecule has 5 nitrogen and oxygen atoms in total. The highest BCUT2D eigenvalue weighted by Crippen LogP contribution is 2.48. The Labute approximate surface area is 106 Å². The van der Waals surface area contributed by atoms with Crippen molar-refractivity contribution >= 4 is 11.9 Å². The van der Waals surface area contributed by atoms with Gasteiger partial charge in [0.25, 0.3) is 0 Å². The lowest BCUT2D eigenvalue weighted by atomic mass is 9.84. The number of hydrogen-bond acceptors (Lipinski definition) is 3. The van der Waals surface area contributed by atoms with E-state index in [4.69, 9.17) is 6.42 Å². The predicted molar refractivity (Wildman–Crippen MR) is 65.6 cm³/mol. The highest BCUT2D eigenvalue weighted by atomic mass is 16.4. The number of hydrogen-bond donors (Lipinski definition) is 3. The number of fused-ring (bicyclic) bond motifs is 2. The van der Waals surface area contributed by atoms with E-state index >= 15 is 0 Å². The van der Waals surface area contributed by atoms with Crippen LogP contribution >= 0.6 is 0 Å². The number of amides is 1. The van der Waals surface area contributed by atoms with Crippen LogP contribution in [0.4, 0.5) is 0 Å². The Hall–Kier alpha value is -1.54. The van der Waals surface area contributed by atoms with Gasteiger partial charge in [-0.05, 0) is 31.1 Å². The molecular weight excluding hydrogens is 232 g/mol. The maximum Gasteiger partial charge on any atom is 0.308 e. The lowest BCUT2D eigenvalue weighted by molar-refractivity contribution is -0.144. The van der Waals surface area contributed by atoms with Crippen molar-refractivity contribution in [3.05, 3.63) is 0 Å². The molecule has 3 N–H and O–H groups in total. The van der Waals surface area contributed by atoms with Crippen LogP contribution in [-0.2, 0) is 9.59 Å². The van der Waals surface area contributed by atoms with Gasteiger partial charge in [0.1, 0.15) is 0 Å². The lowest BCUT2D eigenvalue weighted by Gasteiger charge is -2.28. The van der Waals surface area contributed by atoms with Crippen molar-refractivity contribution in [2.45, 2.75) is 25.3 Å². The van der Waals surface area contributed by atoms with Gasteiger partial charge in [0.2, 0.25) is 5.91 Å². The molecule has 2 saturated carbocycles. The molecule has 0 spiro atoms. The first-order chi connectivity index (χ1) is 8.63. The Morgan fingerprint density at radius 3 is 2.72 bits per heavy atom. The van der Waals surface area contributed by atoms with Crippen LogP contribution in [0.5, 0.6) is 0 Å². The molecule has 0 aromatic rings. The Balaban J connectivity index is 1.86. The van der Waals surface area contributed by atoms with Crippen molar-refractivity contribution in [3.63, 3.8) is 0 Å². The van der Waals surface area contributed by atoms with E-state index in [-0.39, 0.29) is 36.9 Å². The molecule has 5 heteroatoms. The number of carboxylic acid groups (broad SMARTS) is 1. The fraction of sp³-hybridized carbons (Fsp3) is 0.692. The average molecular weight is 250 g/mol. The second kappa shape index (κ2) is 5.40. The molecule has 2 aliphatic carbocycles. The molecule has 0 aliphatic heterocycles. The molecule has 2 aliphatic rings. The molecule has 0 saturated heterocycles. The zero-order valence-corrected chi connectivity index (χ0v) is 10.2. The Kier molecular flexibility index (Phi) is 3.87. The van der Waals surface area contributed by atoms with Gasteiger partial charge >= 0.3 is 5.97 Å². The standard InChI is InChI=1S/C13H18N2O3/c1-2-5-14-10(16)7-15-12-9-4-3-8(6-9)11(12)13(17)18/h1,8-9,11-12,15H,3-7H2,(H,14,16)(H,17,18). The van der Waals surface area contributed by atoms with Crippen LogP contribution in [0.1, 0.15) is 19.3 Å². The monoisotopic (exact) mass is 250 g/mol. The van der Waals surface area contributed by atoms with Crippen LogP contribution in [0.15, 0.2) is 0 Å². The third kappa shape index (κ3) is 2.49. The molecule has 4 unspecified atom stereocenters. The number of nitrogens with one attached hydrogen (secondary N) is 2. The highest BCUT2D eigenvalue weighted by Gasteiger charge is 2.50. The van der Waals surface area contributed by atoms with E-state index < -0.39 is 5.97 Å². The van der Waals surface area contributed by atoms with Crippen LogP contribution in [0.3, 0.4) is 0 Å². The maximum atomic E-state index is 11.4. The van der Waals surface area contributed by atoms with Crippen molar-refractivity contribution in [3.8, 4) is 12.3 Å². The van der Waals surface area contributed by atoms with Gasteiger partial charge in [-0.15, -0.1) is 6.42 Å². The van der Waals surface area contributed by atoms with Gasteiger partial charge in [0, 0.05) is 6.04 Å². The summed E-state index contributed by atoms with van der Waals surface area (Å²) < 4.78 is 0. The molecule has 0 aromatic carbocycles. The average Bonchev–Trinajstić information content (AvgIpc) is 2.93. The van der Waals surface area contributed by atoms with E-state index in [9.17, 15) is 14.7 Å². The van der Waals surface area contributed by atoms with E-state index in [2.05, 4.69) is 16.6 Å². The molecule has 2 fully saturated rings. The SMILES string of the molecule is C#CCNC(=O)CNC1C2CCC(C2)C1C(=O)O. The van der Waals surface area contributed by atoms with Gasteiger partial charge in [-0.3, -0.25) is 9.59 Å². The predicted octanol–water partition coefficient (Wildman–Crippen LogP) is -0.175. The molecule has 4 atom stereocenters. The number of carbonyl (C=O) groups excluding carboxylic acids is 1. The zero-order valence-electron chi connectivity index (χ0n) is 10.2. The van der Waals surface area contributed by atoms with Crippen LogP contribution in [0, 0.1) is 30.1 Å². The summed E-state index contributed by atoms with van der Waals surface area (Å²) in [7, 11) is 0. The van der Waals surface area contributed by atoms with Crippen molar-refractivity contribution in [2.75, 3.05) is 13.1 Å². The number of terminal acetylenes is 1. The third-order valence-corrected chi connectivity index (χ3v) is 4.09. The summed E-state index contributed by atoms with van der Waals surface area (Å²) in [5.74, 6) is 1.73. The summed E-state index contributed by atoms with van der Waals surface area (Å²) >= 11 is 0. The normalized spacial score (nSPS) is 33.1. The zero-order chi connectivity index (χ0) is 13.1. The first kappa shape index (κ1) is 12.9. The summed E-state index contributed by atoms with van der Waals surface area (Å²) in [6.07, 6.45) is 8.09. The summed E-state index contributed by atoms with van der Waals surface area (Å²) in [4.78, 5) is 22.7. The van der Waals surface area contributed by atoms with Gasteiger partial charge in [0.05, 0.1) is 19.0 Å². The molecular formula is C13H18N2O3. The topological polar surface area (TPSA) is 78.4 Å². The molecule has 98 valence electrons. The molecule has 0 aromatic heterocycles. The van der Waals surface area contributed by atoms with Crippen molar-refractivity contribution < 1.29 is 14.7 Å². The Bertz CT molecular complexity index is 388. The van der Waals surface area contributed by atoms with Crippen LogP contribution in [0.2, 0.25) is 0 Å². The van der Waals surface area contributed by atoms with Crippen molar-refractivity contribution in [2.24, 2.45) is 17.8 Å². The van der Waals surface area contributed by atoms with E-state index in [1.165, 1.54) is 0 Å².